The van der Waals surface area contributed by atoms with Crippen molar-refractivity contribution in [1.29, 1.82) is 5.26 Å². The van der Waals surface area contributed by atoms with E-state index in [-0.39, 0.29) is 18.1 Å². The van der Waals surface area contributed by atoms with Crippen molar-refractivity contribution in [2.75, 3.05) is 6.61 Å². The smallest absolute Gasteiger partial charge is 0.357 e. The van der Waals surface area contributed by atoms with Gasteiger partial charge in [-0.3, -0.25) is 4.79 Å². The molecule has 0 aliphatic heterocycles. The Bertz CT molecular complexity index is 760. The number of carbonyl (C=O) groups excluding carboxylic acids is 2. The molecule has 0 radical (unpaired) electrons. The van der Waals surface area contributed by atoms with E-state index in [1.807, 2.05) is 36.4 Å². The molecule has 0 bridgehead atoms. The van der Waals surface area contributed by atoms with E-state index in [0.717, 1.165) is 16.9 Å². The van der Waals surface area contributed by atoms with Crippen LogP contribution in [0.15, 0.2) is 41.8 Å². The van der Waals surface area contributed by atoms with E-state index in [0.29, 0.717) is 5.01 Å². The van der Waals surface area contributed by atoms with Crippen molar-refractivity contribution in [2.24, 2.45) is 0 Å². The summed E-state index contributed by atoms with van der Waals surface area (Å²) in [5.41, 5.74) is 0.982. The van der Waals surface area contributed by atoms with Crippen LogP contribution in [0.25, 0.3) is 6.08 Å². The minimum absolute atomic E-state index is 0.118. The zero-order valence-corrected chi connectivity index (χ0v) is 13.2. The molecule has 0 fully saturated rings. The van der Waals surface area contributed by atoms with E-state index >= 15 is 0 Å². The topological polar surface area (TPSA) is 80.0 Å². The summed E-state index contributed by atoms with van der Waals surface area (Å²) in [6.45, 7) is 1.94. The third-order valence-electron chi connectivity index (χ3n) is 2.91. The number of esters is 1. The molecule has 23 heavy (non-hydrogen) atoms. The largest absolute Gasteiger partial charge is 0.461 e. The second-order valence-electron chi connectivity index (χ2n) is 4.50. The molecular weight excluding hydrogens is 312 g/mol. The van der Waals surface area contributed by atoms with Gasteiger partial charge in [-0.05, 0) is 18.6 Å². The van der Waals surface area contributed by atoms with Crippen LogP contribution in [0.1, 0.15) is 33.9 Å². The van der Waals surface area contributed by atoms with Gasteiger partial charge in [-0.2, -0.15) is 5.26 Å². The van der Waals surface area contributed by atoms with Gasteiger partial charge in [0.2, 0.25) is 0 Å². The van der Waals surface area contributed by atoms with Gasteiger partial charge in [0.1, 0.15) is 5.01 Å². The number of ether oxygens (including phenoxy) is 1. The molecule has 116 valence electrons. The molecule has 0 N–H and O–H groups in total. The maximum absolute atomic E-state index is 12.2. The number of hydrogen-bond donors (Lipinski definition) is 0. The van der Waals surface area contributed by atoms with E-state index in [4.69, 9.17) is 4.74 Å². The zero-order chi connectivity index (χ0) is 16.7. The SMILES string of the molecule is CCOC(=O)c1csc([C@H](C#N)C(=O)/C=C\c2ccccc2)n1. The predicted molar refractivity (Wildman–Crippen MR) is 86.9 cm³/mol. The monoisotopic (exact) mass is 326 g/mol. The van der Waals surface area contributed by atoms with Crippen LogP contribution >= 0.6 is 11.3 Å². The number of nitriles is 1. The lowest BCUT2D eigenvalue weighted by Gasteiger charge is -2.01. The predicted octanol–water partition coefficient (Wildman–Crippen LogP) is 3.21. The van der Waals surface area contributed by atoms with Crippen LogP contribution in [0.3, 0.4) is 0 Å². The maximum atomic E-state index is 12.2. The summed E-state index contributed by atoms with van der Waals surface area (Å²) in [5, 5.41) is 11.0. The third-order valence-corrected chi connectivity index (χ3v) is 3.82. The van der Waals surface area contributed by atoms with Gasteiger partial charge in [0.05, 0.1) is 12.7 Å². The van der Waals surface area contributed by atoms with Gasteiger partial charge in [-0.25, -0.2) is 9.78 Å². The van der Waals surface area contributed by atoms with E-state index in [9.17, 15) is 14.9 Å². The van der Waals surface area contributed by atoms with Crippen LogP contribution in [-0.4, -0.2) is 23.3 Å². The fraction of sp³-hybridized carbons (Fsp3) is 0.176. The number of aromatic nitrogens is 1. The Morgan fingerprint density at radius 2 is 2.13 bits per heavy atom. The Morgan fingerprint density at radius 3 is 2.78 bits per heavy atom. The van der Waals surface area contributed by atoms with Crippen LogP contribution < -0.4 is 0 Å². The average molecular weight is 326 g/mol. The lowest BCUT2D eigenvalue weighted by Crippen LogP contribution is -2.09. The number of benzene rings is 1. The second kappa shape index (κ2) is 8.01. The van der Waals surface area contributed by atoms with Crippen molar-refractivity contribution in [2.45, 2.75) is 12.8 Å². The van der Waals surface area contributed by atoms with Crippen LogP contribution in [0.5, 0.6) is 0 Å². The minimum Gasteiger partial charge on any atom is -0.461 e. The molecule has 1 aromatic heterocycles. The fourth-order valence-electron chi connectivity index (χ4n) is 1.80. The highest BCUT2D eigenvalue weighted by Gasteiger charge is 2.23. The van der Waals surface area contributed by atoms with Crippen molar-refractivity contribution in [3.05, 3.63) is 58.1 Å². The Labute approximate surface area is 137 Å². The summed E-state index contributed by atoms with van der Waals surface area (Å²) in [4.78, 5) is 27.8. The minimum atomic E-state index is -1.02. The van der Waals surface area contributed by atoms with Crippen LogP contribution in [-0.2, 0) is 9.53 Å². The summed E-state index contributed by atoms with van der Waals surface area (Å²) >= 11 is 1.10. The number of hydrogen-bond acceptors (Lipinski definition) is 6. The number of carbonyl (C=O) groups is 2. The van der Waals surface area contributed by atoms with Crippen molar-refractivity contribution in [3.8, 4) is 6.07 Å². The van der Waals surface area contributed by atoms with Crippen molar-refractivity contribution < 1.29 is 14.3 Å². The number of ketones is 1. The molecule has 5 nitrogen and oxygen atoms in total. The van der Waals surface area contributed by atoms with Crippen molar-refractivity contribution in [1.82, 2.24) is 4.98 Å². The lowest BCUT2D eigenvalue weighted by molar-refractivity contribution is -0.114. The van der Waals surface area contributed by atoms with Crippen LogP contribution in [0.2, 0.25) is 0 Å². The Kier molecular flexibility index (Phi) is 5.78. The van der Waals surface area contributed by atoms with E-state index in [1.165, 1.54) is 11.5 Å². The molecule has 0 saturated heterocycles. The standard InChI is InChI=1S/C17H14N2O3S/c1-2-22-17(21)14-11-23-16(19-14)13(10-18)15(20)9-8-12-6-4-3-5-7-12/h3-9,11,13H,2H2,1H3/b9-8-/t13-/m1/s1. The van der Waals surface area contributed by atoms with Gasteiger partial charge >= 0.3 is 5.97 Å². The Hall–Kier alpha value is -2.78. The summed E-state index contributed by atoms with van der Waals surface area (Å²) in [6, 6.07) is 11.2. The molecular formula is C17H14N2O3S. The third kappa shape index (κ3) is 4.34. The molecule has 1 heterocycles. The molecule has 0 unspecified atom stereocenters. The quantitative estimate of drug-likeness (QED) is 0.601. The maximum Gasteiger partial charge on any atom is 0.357 e. The molecule has 1 aromatic carbocycles. The summed E-state index contributed by atoms with van der Waals surface area (Å²) in [6.07, 6.45) is 3.00. The van der Waals surface area contributed by atoms with Gasteiger partial charge in [0.15, 0.2) is 17.4 Å². The Morgan fingerprint density at radius 1 is 1.39 bits per heavy atom. The summed E-state index contributed by atoms with van der Waals surface area (Å²) < 4.78 is 4.84. The van der Waals surface area contributed by atoms with Gasteiger partial charge in [-0.15, -0.1) is 11.3 Å². The normalized spacial score (nSPS) is 11.8. The highest BCUT2D eigenvalue weighted by atomic mass is 32.1. The molecule has 2 aromatic rings. The number of allylic oxidation sites excluding steroid dienone is 1. The van der Waals surface area contributed by atoms with E-state index in [2.05, 4.69) is 4.98 Å². The first-order valence-electron chi connectivity index (χ1n) is 6.94. The lowest BCUT2D eigenvalue weighted by atomic mass is 10.1. The summed E-state index contributed by atoms with van der Waals surface area (Å²) in [7, 11) is 0. The molecule has 1 atom stereocenters. The van der Waals surface area contributed by atoms with Gasteiger partial charge < -0.3 is 4.74 Å². The van der Waals surface area contributed by atoms with Crippen LogP contribution in [0.4, 0.5) is 0 Å². The average Bonchev–Trinajstić information content (AvgIpc) is 3.05. The number of thiazole rings is 1. The van der Waals surface area contributed by atoms with Gasteiger partial charge in [0.25, 0.3) is 0 Å². The Balaban J connectivity index is 2.13. The van der Waals surface area contributed by atoms with E-state index in [1.54, 1.807) is 13.0 Å². The van der Waals surface area contributed by atoms with Gasteiger partial charge in [-0.1, -0.05) is 36.4 Å². The molecule has 0 saturated carbocycles. The van der Waals surface area contributed by atoms with E-state index < -0.39 is 11.9 Å². The first kappa shape index (κ1) is 16.6. The molecule has 0 aliphatic carbocycles. The molecule has 6 heteroatoms. The molecule has 0 amide bonds. The highest BCUT2D eigenvalue weighted by Crippen LogP contribution is 2.22. The van der Waals surface area contributed by atoms with Crippen LogP contribution in [0, 0.1) is 11.3 Å². The molecule has 2 rings (SSSR count). The second-order valence-corrected chi connectivity index (χ2v) is 5.39. The first-order valence-corrected chi connectivity index (χ1v) is 7.82. The number of nitrogens with zero attached hydrogens (tertiary/aromatic N) is 2. The van der Waals surface area contributed by atoms with Gasteiger partial charge in [0, 0.05) is 5.38 Å². The molecule has 0 aliphatic rings. The first-order chi connectivity index (χ1) is 11.2. The fourth-order valence-corrected chi connectivity index (χ4v) is 2.64. The summed E-state index contributed by atoms with van der Waals surface area (Å²) in [5.74, 6) is -1.96. The zero-order valence-electron chi connectivity index (χ0n) is 12.4. The van der Waals surface area contributed by atoms with Crippen molar-refractivity contribution >= 4 is 29.2 Å². The highest BCUT2D eigenvalue weighted by molar-refractivity contribution is 7.10. The molecule has 0 spiro atoms. The van der Waals surface area contributed by atoms with Crippen molar-refractivity contribution in [3.63, 3.8) is 0 Å². The number of rotatable bonds is 6.